The van der Waals surface area contributed by atoms with Gasteiger partial charge in [0.05, 0.1) is 28.4 Å². The van der Waals surface area contributed by atoms with Crippen LogP contribution in [0, 0.1) is 19.7 Å². The van der Waals surface area contributed by atoms with E-state index in [0.29, 0.717) is 35.1 Å². The summed E-state index contributed by atoms with van der Waals surface area (Å²) in [6, 6.07) is 20.2. The van der Waals surface area contributed by atoms with Crippen LogP contribution in [0.15, 0.2) is 73.1 Å². The zero-order valence-corrected chi connectivity index (χ0v) is 21.3. The summed E-state index contributed by atoms with van der Waals surface area (Å²) in [5.74, 6) is -0.0129. The van der Waals surface area contributed by atoms with Crippen LogP contribution in [0.1, 0.15) is 39.4 Å². The largest absolute Gasteiger partial charge is 0.342 e. The van der Waals surface area contributed by atoms with Crippen molar-refractivity contribution in [2.75, 3.05) is 0 Å². The molecular formula is C29H25ClFN5O. The Morgan fingerprint density at radius 2 is 1.95 bits per heavy atom. The second kappa shape index (κ2) is 8.85. The minimum atomic E-state index is -0.811. The molecule has 1 aliphatic heterocycles. The van der Waals surface area contributed by atoms with Crippen LogP contribution in [0.25, 0.3) is 16.6 Å². The summed E-state index contributed by atoms with van der Waals surface area (Å²) in [6.07, 6.45) is 2.97. The fourth-order valence-electron chi connectivity index (χ4n) is 5.31. The standard InChI is InChI=1S/C29H25ClFN5O/c1-18-6-9-27-20(12-18)13-23-10-11-29(16-35(23)27,21-4-3-5-22(31)14-21)33-28(37)25-8-7-24(15-26(25)30)36-17-32-19(2)34-36/h3-9,12-15,17H,10-11,16H2,1-2H3,(H,33,37)/t29-/m1/s1. The first-order valence-electron chi connectivity index (χ1n) is 12.2. The molecule has 5 aromatic rings. The van der Waals surface area contributed by atoms with E-state index < -0.39 is 5.54 Å². The van der Waals surface area contributed by atoms with Crippen molar-refractivity contribution < 1.29 is 9.18 Å². The number of hydrogen-bond acceptors (Lipinski definition) is 3. The highest BCUT2D eigenvalue weighted by Gasteiger charge is 2.39. The Bertz CT molecular complexity index is 1670. The Balaban J connectivity index is 1.39. The van der Waals surface area contributed by atoms with Gasteiger partial charge in [-0.2, -0.15) is 5.10 Å². The maximum atomic E-state index is 14.4. The molecule has 0 bridgehead atoms. The maximum absolute atomic E-state index is 14.4. The molecule has 0 fully saturated rings. The lowest BCUT2D eigenvalue weighted by molar-refractivity contribution is 0.0868. The van der Waals surface area contributed by atoms with Gasteiger partial charge in [-0.25, -0.2) is 14.1 Å². The molecule has 0 unspecified atom stereocenters. The van der Waals surface area contributed by atoms with Crippen molar-refractivity contribution in [1.29, 1.82) is 0 Å². The van der Waals surface area contributed by atoms with Gasteiger partial charge in [-0.3, -0.25) is 4.79 Å². The van der Waals surface area contributed by atoms with Crippen molar-refractivity contribution in [3.05, 3.63) is 112 Å². The maximum Gasteiger partial charge on any atom is 0.253 e. The van der Waals surface area contributed by atoms with Crippen molar-refractivity contribution in [3.63, 3.8) is 0 Å². The Hall–Kier alpha value is -3.97. The van der Waals surface area contributed by atoms with Crippen LogP contribution in [0.3, 0.4) is 0 Å². The van der Waals surface area contributed by atoms with Gasteiger partial charge in [0.1, 0.15) is 18.0 Å². The molecular weight excluding hydrogens is 489 g/mol. The highest BCUT2D eigenvalue weighted by molar-refractivity contribution is 6.34. The molecule has 186 valence electrons. The molecule has 8 heteroatoms. The van der Waals surface area contributed by atoms with Gasteiger partial charge in [0.25, 0.3) is 5.91 Å². The highest BCUT2D eigenvalue weighted by atomic mass is 35.5. The number of amides is 1. The molecule has 3 heterocycles. The van der Waals surface area contributed by atoms with Crippen LogP contribution >= 0.6 is 11.6 Å². The normalized spacial score (nSPS) is 17.1. The molecule has 0 aliphatic carbocycles. The van der Waals surface area contributed by atoms with Gasteiger partial charge in [0.2, 0.25) is 0 Å². The van der Waals surface area contributed by atoms with Gasteiger partial charge in [-0.1, -0.05) is 35.4 Å². The zero-order valence-electron chi connectivity index (χ0n) is 20.5. The summed E-state index contributed by atoms with van der Waals surface area (Å²) in [5, 5.41) is 9.03. The quantitative estimate of drug-likeness (QED) is 0.325. The van der Waals surface area contributed by atoms with E-state index in [1.807, 2.05) is 6.07 Å². The van der Waals surface area contributed by atoms with Crippen LogP contribution in [-0.4, -0.2) is 25.2 Å². The predicted molar refractivity (Wildman–Crippen MR) is 142 cm³/mol. The monoisotopic (exact) mass is 513 g/mol. The van der Waals surface area contributed by atoms with E-state index in [-0.39, 0.29) is 11.7 Å². The summed E-state index contributed by atoms with van der Waals surface area (Å²) in [7, 11) is 0. The molecule has 6 rings (SSSR count). The van der Waals surface area contributed by atoms with Crippen molar-refractivity contribution in [1.82, 2.24) is 24.6 Å². The number of nitrogens with zero attached hydrogens (tertiary/aromatic N) is 4. The van der Waals surface area contributed by atoms with Crippen LogP contribution < -0.4 is 5.32 Å². The number of fused-ring (bicyclic) bond motifs is 3. The molecule has 0 saturated heterocycles. The first-order valence-corrected chi connectivity index (χ1v) is 12.5. The number of benzene rings is 3. The number of rotatable bonds is 4. The first kappa shape index (κ1) is 23.4. The van der Waals surface area contributed by atoms with Gasteiger partial charge in [0, 0.05) is 16.6 Å². The van der Waals surface area contributed by atoms with Gasteiger partial charge < -0.3 is 9.88 Å². The molecule has 3 aromatic carbocycles. The molecule has 1 atom stereocenters. The fourth-order valence-corrected chi connectivity index (χ4v) is 5.57. The second-order valence-corrected chi connectivity index (χ2v) is 10.1. The molecule has 2 aromatic heterocycles. The third kappa shape index (κ3) is 4.19. The van der Waals surface area contributed by atoms with Crippen molar-refractivity contribution in [2.45, 2.75) is 38.8 Å². The predicted octanol–water partition coefficient (Wildman–Crippen LogP) is 5.90. The molecule has 1 aliphatic rings. The summed E-state index contributed by atoms with van der Waals surface area (Å²) < 4.78 is 18.3. The van der Waals surface area contributed by atoms with Gasteiger partial charge in [-0.15, -0.1) is 0 Å². The molecule has 0 spiro atoms. The summed E-state index contributed by atoms with van der Waals surface area (Å²) in [6.45, 7) is 4.36. The third-order valence-electron chi connectivity index (χ3n) is 7.18. The summed E-state index contributed by atoms with van der Waals surface area (Å²) >= 11 is 6.58. The lowest BCUT2D eigenvalue weighted by atomic mass is 9.82. The summed E-state index contributed by atoms with van der Waals surface area (Å²) in [5.41, 5.74) is 4.46. The van der Waals surface area contributed by atoms with Crippen molar-refractivity contribution in [2.24, 2.45) is 0 Å². The minimum absolute atomic E-state index is 0.302. The number of aromatic nitrogens is 4. The van der Waals surface area contributed by atoms with E-state index in [0.717, 1.165) is 17.5 Å². The van der Waals surface area contributed by atoms with Crippen LogP contribution in [0.4, 0.5) is 4.39 Å². The van der Waals surface area contributed by atoms with Gasteiger partial charge in [-0.05, 0) is 80.8 Å². The second-order valence-electron chi connectivity index (χ2n) is 9.73. The number of aryl methyl sites for hydroxylation is 3. The van der Waals surface area contributed by atoms with E-state index in [1.165, 1.54) is 28.8 Å². The number of carbonyl (C=O) groups is 1. The third-order valence-corrected chi connectivity index (χ3v) is 7.49. The van der Waals surface area contributed by atoms with E-state index in [9.17, 15) is 9.18 Å². The molecule has 0 saturated carbocycles. The molecule has 6 nitrogen and oxygen atoms in total. The molecule has 37 heavy (non-hydrogen) atoms. The van der Waals surface area contributed by atoms with E-state index in [4.69, 9.17) is 11.6 Å². The highest BCUT2D eigenvalue weighted by Crippen LogP contribution is 2.37. The van der Waals surface area contributed by atoms with E-state index in [2.05, 4.69) is 51.2 Å². The average Bonchev–Trinajstić information content (AvgIpc) is 3.46. The van der Waals surface area contributed by atoms with Crippen LogP contribution in [-0.2, 0) is 18.5 Å². The minimum Gasteiger partial charge on any atom is -0.342 e. The Morgan fingerprint density at radius 3 is 2.70 bits per heavy atom. The molecule has 1 amide bonds. The molecule has 0 radical (unpaired) electrons. The number of halogens is 2. The topological polar surface area (TPSA) is 64.7 Å². The lowest BCUT2D eigenvalue weighted by Crippen LogP contribution is -2.51. The smallest absolute Gasteiger partial charge is 0.253 e. The van der Waals surface area contributed by atoms with Gasteiger partial charge >= 0.3 is 0 Å². The number of carbonyl (C=O) groups excluding carboxylic acids is 1. The molecule has 1 N–H and O–H groups in total. The number of hydrogen-bond donors (Lipinski definition) is 1. The Labute approximate surface area is 218 Å². The zero-order chi connectivity index (χ0) is 25.7. The van der Waals surface area contributed by atoms with Crippen LogP contribution in [0.5, 0.6) is 0 Å². The van der Waals surface area contributed by atoms with Crippen LogP contribution in [0.2, 0.25) is 5.02 Å². The number of nitrogens with one attached hydrogen (secondary N) is 1. The SMILES string of the molecule is Cc1ccc2c(c1)cc1n2C[C@@](NC(=O)c2ccc(-n3cnc(C)n3)cc2Cl)(c2cccc(F)c2)CC1. The average molecular weight is 514 g/mol. The Morgan fingerprint density at radius 1 is 1.08 bits per heavy atom. The fraction of sp³-hybridized carbons (Fsp3) is 0.207. The van der Waals surface area contributed by atoms with E-state index >= 15 is 0 Å². The van der Waals surface area contributed by atoms with E-state index in [1.54, 1.807) is 42.2 Å². The summed E-state index contributed by atoms with van der Waals surface area (Å²) in [4.78, 5) is 17.8. The van der Waals surface area contributed by atoms with Gasteiger partial charge in [0.15, 0.2) is 0 Å². The van der Waals surface area contributed by atoms with Crippen molar-refractivity contribution in [3.8, 4) is 5.69 Å². The van der Waals surface area contributed by atoms with Crippen molar-refractivity contribution >= 4 is 28.4 Å². The Kier molecular flexibility index (Phi) is 5.60. The lowest BCUT2D eigenvalue weighted by Gasteiger charge is -2.40. The first-order chi connectivity index (χ1) is 17.8.